The van der Waals surface area contributed by atoms with E-state index in [9.17, 15) is 14.2 Å². The van der Waals surface area contributed by atoms with Gasteiger partial charge in [-0.15, -0.1) is 0 Å². The van der Waals surface area contributed by atoms with Crippen molar-refractivity contribution < 1.29 is 28.4 Å². The first-order chi connectivity index (χ1) is 13.0. The van der Waals surface area contributed by atoms with E-state index in [0.29, 0.717) is 12.0 Å². The van der Waals surface area contributed by atoms with Crippen LogP contribution in [-0.2, 0) is 18.6 Å². The molecule has 0 bridgehead atoms. The number of hydrogen-bond acceptors (Lipinski definition) is 8. The van der Waals surface area contributed by atoms with Gasteiger partial charge >= 0.3 is 13.8 Å². The summed E-state index contributed by atoms with van der Waals surface area (Å²) < 4.78 is 22.5. The molecule has 5 N–H and O–H groups in total. The molecule has 0 saturated heterocycles. The van der Waals surface area contributed by atoms with Crippen molar-refractivity contribution in [3.63, 3.8) is 0 Å². The van der Waals surface area contributed by atoms with Crippen molar-refractivity contribution in [2.24, 2.45) is 11.3 Å². The van der Waals surface area contributed by atoms with Crippen LogP contribution < -0.4 is 11.3 Å². The molecular weight excluding hydrogens is 393 g/mol. The van der Waals surface area contributed by atoms with Crippen LogP contribution >= 0.6 is 7.82 Å². The molecule has 1 fully saturated rings. The molecule has 12 nitrogen and oxygen atoms in total. The first-order valence-electron chi connectivity index (χ1n) is 8.31. The van der Waals surface area contributed by atoms with E-state index in [4.69, 9.17) is 20.3 Å². The molecule has 2 aromatic heterocycles. The summed E-state index contributed by atoms with van der Waals surface area (Å²) >= 11 is 0. The summed E-state index contributed by atoms with van der Waals surface area (Å²) in [6, 6.07) is 0. The number of nitrogens with zero attached hydrogens (tertiary/aromatic N) is 3. The van der Waals surface area contributed by atoms with E-state index < -0.39 is 24.8 Å². The molecule has 0 aromatic carbocycles. The third-order valence-corrected chi connectivity index (χ3v) is 4.77. The lowest BCUT2D eigenvalue weighted by Crippen LogP contribution is -2.22. The minimum Gasteiger partial charge on any atom is -0.464 e. The molecule has 0 aliphatic heterocycles. The van der Waals surface area contributed by atoms with E-state index in [1.807, 2.05) is 0 Å². The van der Waals surface area contributed by atoms with E-state index in [1.54, 1.807) is 20.0 Å². The summed E-state index contributed by atoms with van der Waals surface area (Å²) in [4.78, 5) is 52.0. The Labute approximate surface area is 158 Å². The van der Waals surface area contributed by atoms with Crippen LogP contribution in [0.1, 0.15) is 20.3 Å². The van der Waals surface area contributed by atoms with Gasteiger partial charge < -0.3 is 20.3 Å². The predicted octanol–water partition coefficient (Wildman–Crippen LogP) is 0.241. The maximum absolute atomic E-state index is 11.9. The van der Waals surface area contributed by atoms with Gasteiger partial charge in [-0.05, 0) is 12.0 Å². The lowest BCUT2D eigenvalue weighted by molar-refractivity contribution is -0.149. The highest BCUT2D eigenvalue weighted by molar-refractivity contribution is 7.46. The molecule has 1 atom stereocenters. The number of nitrogens with two attached hydrogens (primary N) is 1. The molecule has 0 amide bonds. The molecule has 2 heterocycles. The molecule has 152 valence electrons. The first-order valence-corrected chi connectivity index (χ1v) is 9.84. The molecule has 1 aliphatic rings. The maximum Gasteiger partial charge on any atom is 0.469 e. The van der Waals surface area contributed by atoms with Crippen LogP contribution in [0.3, 0.4) is 0 Å². The Bertz CT molecular complexity index is 1050. The summed E-state index contributed by atoms with van der Waals surface area (Å²) in [5, 5.41) is 0. The maximum atomic E-state index is 11.9. The van der Waals surface area contributed by atoms with Gasteiger partial charge in [0.25, 0.3) is 5.56 Å². The van der Waals surface area contributed by atoms with Crippen molar-refractivity contribution in [2.45, 2.75) is 20.3 Å². The second-order valence-electron chi connectivity index (χ2n) is 6.91. The van der Waals surface area contributed by atoms with Crippen molar-refractivity contribution in [3.05, 3.63) is 22.3 Å². The number of H-pyrrole nitrogens is 1. The number of aromatic amines is 1. The fraction of sp³-hybridized carbons (Fsp3) is 0.467. The van der Waals surface area contributed by atoms with Gasteiger partial charge in [-0.25, -0.2) is 9.55 Å². The van der Waals surface area contributed by atoms with Gasteiger partial charge in [-0.3, -0.25) is 23.7 Å². The number of anilines is 1. The van der Waals surface area contributed by atoms with Gasteiger partial charge in [-0.1, -0.05) is 13.8 Å². The van der Waals surface area contributed by atoms with Crippen LogP contribution in [0, 0.1) is 11.3 Å². The van der Waals surface area contributed by atoms with Crippen molar-refractivity contribution in [1.82, 2.24) is 19.5 Å². The second kappa shape index (κ2) is 7.13. The van der Waals surface area contributed by atoms with Gasteiger partial charge in [0.2, 0.25) is 5.95 Å². The lowest BCUT2D eigenvalue weighted by atomic mass is 10.1. The zero-order chi connectivity index (χ0) is 20.7. The summed E-state index contributed by atoms with van der Waals surface area (Å²) in [6.45, 7) is 2.92. The number of aromatic nitrogens is 4. The largest absolute Gasteiger partial charge is 0.469 e. The highest BCUT2D eigenvalue weighted by Crippen LogP contribution is 2.55. The Balaban J connectivity index is 1.88. The van der Waals surface area contributed by atoms with Crippen molar-refractivity contribution >= 4 is 37.1 Å². The smallest absolute Gasteiger partial charge is 0.464 e. The standard InChI is InChI=1S/C15H20N5O7P/c1-8(2)13(22)26-5-15(6-27-28(23,24)25)3-9(15)4-20-7-17-10-11(20)18-14(16)19-12(10)21/h4,7-8H,3,5-6H2,1-2H3,(H2,23,24,25)(H3,16,18,19,21)/b9-4-/t15-/m0/s1. The molecule has 28 heavy (non-hydrogen) atoms. The Morgan fingerprint density at radius 2 is 2.21 bits per heavy atom. The van der Waals surface area contributed by atoms with Crippen LogP contribution in [0.15, 0.2) is 16.7 Å². The van der Waals surface area contributed by atoms with Crippen molar-refractivity contribution in [3.8, 4) is 0 Å². The summed E-state index contributed by atoms with van der Waals surface area (Å²) in [5.74, 6) is -0.853. The average molecular weight is 413 g/mol. The Hall–Kier alpha value is -2.53. The van der Waals surface area contributed by atoms with Crippen LogP contribution in [0.4, 0.5) is 5.95 Å². The molecule has 13 heteroatoms. The number of phosphoric ester groups is 1. The SMILES string of the molecule is CC(C)C(=O)OC[C@]1(COP(=O)(O)O)C/C1=C/n1cnc2c(=O)[nH]c(N)nc21. The number of nitrogens with one attached hydrogen (secondary N) is 1. The number of rotatable bonds is 7. The lowest BCUT2D eigenvalue weighted by Gasteiger charge is -2.17. The third kappa shape index (κ3) is 4.30. The van der Waals surface area contributed by atoms with E-state index in [0.717, 1.165) is 0 Å². The second-order valence-corrected chi connectivity index (χ2v) is 8.15. The normalized spacial score (nSPS) is 20.8. The van der Waals surface area contributed by atoms with Crippen LogP contribution in [-0.4, -0.2) is 48.5 Å². The fourth-order valence-electron chi connectivity index (χ4n) is 2.62. The summed E-state index contributed by atoms with van der Waals surface area (Å²) in [7, 11) is -4.70. The molecule has 0 unspecified atom stereocenters. The number of phosphoric acid groups is 1. The topological polar surface area (TPSA) is 183 Å². The number of fused-ring (bicyclic) bond motifs is 1. The number of hydrogen-bond donors (Lipinski definition) is 4. The quantitative estimate of drug-likeness (QED) is 0.362. The predicted molar refractivity (Wildman–Crippen MR) is 97.7 cm³/mol. The minimum atomic E-state index is -4.70. The van der Waals surface area contributed by atoms with Crippen molar-refractivity contribution in [1.29, 1.82) is 0 Å². The molecule has 1 saturated carbocycles. The van der Waals surface area contributed by atoms with Gasteiger partial charge in [0.15, 0.2) is 11.2 Å². The van der Waals surface area contributed by atoms with Crippen LogP contribution in [0.25, 0.3) is 17.4 Å². The van der Waals surface area contributed by atoms with Gasteiger partial charge in [-0.2, -0.15) is 4.98 Å². The summed E-state index contributed by atoms with van der Waals surface area (Å²) in [5.41, 5.74) is 5.21. The van der Waals surface area contributed by atoms with E-state index >= 15 is 0 Å². The van der Waals surface area contributed by atoms with Crippen molar-refractivity contribution in [2.75, 3.05) is 18.9 Å². The van der Waals surface area contributed by atoms with Crippen LogP contribution in [0.5, 0.6) is 0 Å². The zero-order valence-electron chi connectivity index (χ0n) is 15.2. The third-order valence-electron chi connectivity index (χ3n) is 4.30. The van der Waals surface area contributed by atoms with Gasteiger partial charge in [0.1, 0.15) is 12.9 Å². The Morgan fingerprint density at radius 3 is 2.86 bits per heavy atom. The number of imidazole rings is 1. The number of carbonyl (C=O) groups excluding carboxylic acids is 1. The molecule has 3 rings (SSSR count). The fourth-order valence-corrected chi connectivity index (χ4v) is 3.04. The molecule has 0 spiro atoms. The average Bonchev–Trinajstić information content (AvgIpc) is 3.11. The Morgan fingerprint density at radius 1 is 1.50 bits per heavy atom. The molecule has 1 aliphatic carbocycles. The number of ether oxygens (including phenoxy) is 1. The molecular formula is C15H20N5O7P. The zero-order valence-corrected chi connectivity index (χ0v) is 16.0. The van der Waals surface area contributed by atoms with Gasteiger partial charge in [0.05, 0.1) is 17.9 Å². The highest BCUT2D eigenvalue weighted by atomic mass is 31.2. The Kier molecular flexibility index (Phi) is 5.15. The van der Waals surface area contributed by atoms with Crippen LogP contribution in [0.2, 0.25) is 0 Å². The summed E-state index contributed by atoms with van der Waals surface area (Å²) in [6.07, 6.45) is 3.34. The first kappa shape index (κ1) is 20.2. The molecule has 0 radical (unpaired) electrons. The minimum absolute atomic E-state index is 0.0737. The highest BCUT2D eigenvalue weighted by Gasteiger charge is 2.51. The van der Waals surface area contributed by atoms with E-state index in [1.165, 1.54) is 10.9 Å². The number of nitrogen functional groups attached to an aromatic ring is 1. The molecule has 2 aromatic rings. The monoisotopic (exact) mass is 413 g/mol. The van der Waals surface area contributed by atoms with E-state index in [-0.39, 0.29) is 36.2 Å². The van der Waals surface area contributed by atoms with E-state index in [2.05, 4.69) is 19.5 Å². The number of carbonyl (C=O) groups is 1. The van der Waals surface area contributed by atoms with Gasteiger partial charge in [0, 0.05) is 6.20 Å². The number of esters is 1.